The van der Waals surface area contributed by atoms with Crippen molar-refractivity contribution in [2.75, 3.05) is 25.0 Å². The molecular weight excluding hydrogens is 238 g/mol. The van der Waals surface area contributed by atoms with Gasteiger partial charge >= 0.3 is 0 Å². The third kappa shape index (κ3) is 3.96. The number of carbonyl (C=O) groups is 1. The van der Waals surface area contributed by atoms with E-state index in [4.69, 9.17) is 5.73 Å². The number of amides is 1. The molecule has 4 heteroatoms. The SMILES string of the molecule is CCN1CCCC(Nc2cccc(C(N)=O)c2)CC1. The van der Waals surface area contributed by atoms with Crippen LogP contribution >= 0.6 is 0 Å². The molecule has 3 N–H and O–H groups in total. The fourth-order valence-corrected chi connectivity index (χ4v) is 2.61. The summed E-state index contributed by atoms with van der Waals surface area (Å²) in [5.41, 5.74) is 6.86. The van der Waals surface area contributed by atoms with Gasteiger partial charge in [-0.3, -0.25) is 4.79 Å². The molecule has 1 unspecified atom stereocenters. The molecule has 0 radical (unpaired) electrons. The summed E-state index contributed by atoms with van der Waals surface area (Å²) in [4.78, 5) is 13.7. The lowest BCUT2D eigenvalue weighted by Gasteiger charge is -2.19. The van der Waals surface area contributed by atoms with Crippen molar-refractivity contribution in [2.45, 2.75) is 32.2 Å². The summed E-state index contributed by atoms with van der Waals surface area (Å²) in [6.45, 7) is 5.67. The van der Waals surface area contributed by atoms with Gasteiger partial charge in [0.2, 0.25) is 5.91 Å². The van der Waals surface area contributed by atoms with Gasteiger partial charge in [0.1, 0.15) is 0 Å². The highest BCUT2D eigenvalue weighted by Crippen LogP contribution is 2.17. The standard InChI is InChI=1S/C15H23N3O/c1-2-18-9-4-7-13(8-10-18)17-14-6-3-5-12(11-14)15(16)19/h3,5-6,11,13,17H,2,4,7-10H2,1H3,(H2,16,19). The zero-order chi connectivity index (χ0) is 13.7. The van der Waals surface area contributed by atoms with Gasteiger partial charge in [-0.05, 0) is 50.6 Å². The Labute approximate surface area is 115 Å². The predicted octanol–water partition coefficient (Wildman–Crippen LogP) is 2.07. The van der Waals surface area contributed by atoms with Crippen LogP contribution in [0.5, 0.6) is 0 Å². The average Bonchev–Trinajstić information content (AvgIpc) is 2.64. The molecule has 1 aliphatic rings. The fourth-order valence-electron chi connectivity index (χ4n) is 2.61. The van der Waals surface area contributed by atoms with Gasteiger partial charge in [-0.15, -0.1) is 0 Å². The molecule has 0 aromatic heterocycles. The molecule has 0 saturated carbocycles. The highest BCUT2D eigenvalue weighted by atomic mass is 16.1. The summed E-state index contributed by atoms with van der Waals surface area (Å²) >= 11 is 0. The van der Waals surface area contributed by atoms with E-state index in [0.29, 0.717) is 11.6 Å². The van der Waals surface area contributed by atoms with Crippen LogP contribution in [0.1, 0.15) is 36.5 Å². The Kier molecular flexibility index (Phi) is 4.80. The Balaban J connectivity index is 1.97. The van der Waals surface area contributed by atoms with E-state index < -0.39 is 0 Å². The molecule has 1 aromatic carbocycles. The highest BCUT2D eigenvalue weighted by molar-refractivity contribution is 5.93. The second-order valence-corrected chi connectivity index (χ2v) is 5.15. The Morgan fingerprint density at radius 3 is 3.00 bits per heavy atom. The van der Waals surface area contributed by atoms with Crippen LogP contribution in [0.25, 0.3) is 0 Å². The van der Waals surface area contributed by atoms with Gasteiger partial charge in [0.25, 0.3) is 0 Å². The molecule has 19 heavy (non-hydrogen) atoms. The molecule has 1 aromatic rings. The zero-order valence-electron chi connectivity index (χ0n) is 11.6. The first-order chi connectivity index (χ1) is 9.19. The van der Waals surface area contributed by atoms with E-state index in [1.807, 2.05) is 18.2 Å². The third-order valence-corrected chi connectivity index (χ3v) is 3.79. The smallest absolute Gasteiger partial charge is 0.248 e. The van der Waals surface area contributed by atoms with Gasteiger partial charge in [0.05, 0.1) is 0 Å². The molecule has 1 atom stereocenters. The average molecular weight is 261 g/mol. The summed E-state index contributed by atoms with van der Waals surface area (Å²) in [5, 5.41) is 3.53. The van der Waals surface area contributed by atoms with Gasteiger partial charge in [-0.25, -0.2) is 0 Å². The molecule has 0 aliphatic carbocycles. The van der Waals surface area contributed by atoms with Crippen molar-refractivity contribution in [3.63, 3.8) is 0 Å². The second kappa shape index (κ2) is 6.57. The van der Waals surface area contributed by atoms with Gasteiger partial charge in [0, 0.05) is 23.8 Å². The summed E-state index contributed by atoms with van der Waals surface area (Å²) in [6.07, 6.45) is 3.55. The van der Waals surface area contributed by atoms with Gasteiger partial charge in [-0.2, -0.15) is 0 Å². The van der Waals surface area contributed by atoms with E-state index in [-0.39, 0.29) is 5.91 Å². The number of likely N-dealkylation sites (tertiary alicyclic amines) is 1. The number of hydrogen-bond acceptors (Lipinski definition) is 3. The number of carbonyl (C=O) groups excluding carboxylic acids is 1. The summed E-state index contributed by atoms with van der Waals surface area (Å²) in [6, 6.07) is 7.94. The highest BCUT2D eigenvalue weighted by Gasteiger charge is 2.15. The molecule has 1 saturated heterocycles. The minimum absolute atomic E-state index is 0.373. The molecule has 1 aliphatic heterocycles. The number of nitrogens with zero attached hydrogens (tertiary/aromatic N) is 1. The maximum atomic E-state index is 11.2. The van der Waals surface area contributed by atoms with E-state index in [0.717, 1.165) is 25.2 Å². The van der Waals surface area contributed by atoms with Crippen LogP contribution in [0.3, 0.4) is 0 Å². The van der Waals surface area contributed by atoms with Crippen molar-refractivity contribution < 1.29 is 4.79 Å². The lowest BCUT2D eigenvalue weighted by Crippen LogP contribution is -2.26. The quantitative estimate of drug-likeness (QED) is 0.872. The number of nitrogens with one attached hydrogen (secondary N) is 1. The Morgan fingerprint density at radius 2 is 2.26 bits per heavy atom. The topological polar surface area (TPSA) is 58.4 Å². The van der Waals surface area contributed by atoms with E-state index in [1.165, 1.54) is 19.4 Å². The summed E-state index contributed by atoms with van der Waals surface area (Å²) < 4.78 is 0. The lowest BCUT2D eigenvalue weighted by molar-refractivity contribution is 0.100. The maximum absolute atomic E-state index is 11.2. The van der Waals surface area contributed by atoms with Crippen LogP contribution in [-0.2, 0) is 0 Å². The molecule has 4 nitrogen and oxygen atoms in total. The van der Waals surface area contributed by atoms with Gasteiger partial charge in [-0.1, -0.05) is 13.0 Å². The third-order valence-electron chi connectivity index (χ3n) is 3.79. The van der Waals surface area contributed by atoms with Crippen LogP contribution < -0.4 is 11.1 Å². The number of hydrogen-bond donors (Lipinski definition) is 2. The number of rotatable bonds is 4. The number of nitrogens with two attached hydrogens (primary N) is 1. The van der Waals surface area contributed by atoms with Crippen molar-refractivity contribution in [3.05, 3.63) is 29.8 Å². The van der Waals surface area contributed by atoms with Crippen molar-refractivity contribution in [3.8, 4) is 0 Å². The number of anilines is 1. The summed E-state index contributed by atoms with van der Waals surface area (Å²) in [5.74, 6) is -0.373. The van der Waals surface area contributed by atoms with Crippen molar-refractivity contribution in [1.82, 2.24) is 4.90 Å². The molecule has 0 spiro atoms. The first kappa shape index (κ1) is 13.9. The predicted molar refractivity (Wildman–Crippen MR) is 78.3 cm³/mol. The molecule has 1 heterocycles. The number of primary amides is 1. The molecular formula is C15H23N3O. The van der Waals surface area contributed by atoms with Gasteiger partial charge in [0.15, 0.2) is 0 Å². The molecule has 1 fully saturated rings. The van der Waals surface area contributed by atoms with Gasteiger partial charge < -0.3 is 16.0 Å². The minimum Gasteiger partial charge on any atom is -0.382 e. The zero-order valence-corrected chi connectivity index (χ0v) is 11.6. The van der Waals surface area contributed by atoms with Crippen LogP contribution in [0, 0.1) is 0 Å². The Hall–Kier alpha value is -1.55. The normalized spacial score (nSPS) is 20.8. The van der Waals surface area contributed by atoms with Crippen LogP contribution in [0.15, 0.2) is 24.3 Å². The van der Waals surface area contributed by atoms with E-state index in [1.54, 1.807) is 6.07 Å². The monoisotopic (exact) mass is 261 g/mol. The largest absolute Gasteiger partial charge is 0.382 e. The lowest BCUT2D eigenvalue weighted by atomic mass is 10.1. The molecule has 0 bridgehead atoms. The number of benzene rings is 1. The van der Waals surface area contributed by atoms with E-state index >= 15 is 0 Å². The first-order valence-electron chi connectivity index (χ1n) is 7.08. The Bertz CT molecular complexity index is 433. The van der Waals surface area contributed by atoms with Crippen LogP contribution in [0.2, 0.25) is 0 Å². The second-order valence-electron chi connectivity index (χ2n) is 5.15. The molecule has 2 rings (SSSR count). The van der Waals surface area contributed by atoms with Crippen LogP contribution in [0.4, 0.5) is 5.69 Å². The van der Waals surface area contributed by atoms with Crippen molar-refractivity contribution in [2.24, 2.45) is 5.73 Å². The Morgan fingerprint density at radius 1 is 1.42 bits per heavy atom. The van der Waals surface area contributed by atoms with E-state index in [2.05, 4.69) is 17.1 Å². The van der Waals surface area contributed by atoms with E-state index in [9.17, 15) is 4.79 Å². The van der Waals surface area contributed by atoms with Crippen molar-refractivity contribution in [1.29, 1.82) is 0 Å². The fraction of sp³-hybridized carbons (Fsp3) is 0.533. The van der Waals surface area contributed by atoms with Crippen LogP contribution in [-0.4, -0.2) is 36.5 Å². The maximum Gasteiger partial charge on any atom is 0.248 e. The first-order valence-corrected chi connectivity index (χ1v) is 7.08. The van der Waals surface area contributed by atoms with Crippen molar-refractivity contribution >= 4 is 11.6 Å². The molecule has 104 valence electrons. The molecule has 1 amide bonds. The summed E-state index contributed by atoms with van der Waals surface area (Å²) in [7, 11) is 0. The minimum atomic E-state index is -0.373.